The molecule has 3 heterocycles. The number of aryl methyl sites for hydroxylation is 2. The third kappa shape index (κ3) is 5.61. The van der Waals surface area contributed by atoms with Crippen LogP contribution in [0.5, 0.6) is 0 Å². The van der Waals surface area contributed by atoms with E-state index < -0.39 is 56.3 Å². The van der Waals surface area contributed by atoms with E-state index in [1.54, 1.807) is 6.20 Å². The zero-order chi connectivity index (χ0) is 29.1. The van der Waals surface area contributed by atoms with E-state index in [1.165, 1.54) is 11.3 Å². The molecule has 216 valence electrons. The average molecular weight is 603 g/mol. The summed E-state index contributed by atoms with van der Waals surface area (Å²) in [6, 6.07) is 3.46. The molecule has 3 aromatic heterocycles. The Morgan fingerprint density at radius 2 is 1.73 bits per heavy atom. The molecule has 4 N–H and O–H groups in total. The van der Waals surface area contributed by atoms with E-state index in [4.69, 9.17) is 9.97 Å². The predicted molar refractivity (Wildman–Crippen MR) is 151 cm³/mol. The molecule has 0 radical (unpaired) electrons. The average Bonchev–Trinajstić information content (AvgIpc) is 3.54. The first-order valence-electron chi connectivity index (χ1n) is 13.2. The Morgan fingerprint density at radius 1 is 1.00 bits per heavy atom. The summed E-state index contributed by atoms with van der Waals surface area (Å²) in [7, 11) is -4.16. The third-order valence-corrected chi connectivity index (χ3v) is 10.3. The minimum Gasteiger partial charge on any atom is -0.390 e. The second-order valence-corrected chi connectivity index (χ2v) is 13.7. The second kappa shape index (κ2) is 10.5. The Hall–Kier alpha value is -3.33. The maximum atomic E-state index is 13.7. The molecule has 2 aliphatic rings. The van der Waals surface area contributed by atoms with Crippen LogP contribution in [0.2, 0.25) is 0 Å². The van der Waals surface area contributed by atoms with Gasteiger partial charge in [0.2, 0.25) is 5.95 Å². The monoisotopic (exact) mass is 602 g/mol. The van der Waals surface area contributed by atoms with E-state index in [-0.39, 0.29) is 12.5 Å². The number of hydrogen-bond acceptors (Lipinski definition) is 11. The molecule has 0 aliphatic heterocycles. The SMILES string of the molecule is Cc1nc(NC2CC2)nc(NC2C[C@H](CS(=O)(=O)c3cc(F)cc(F)c3)[C@@H](O)[C@H]2O)c1-c1nc2c(C)nccc2s1. The molecule has 2 fully saturated rings. The molecule has 0 spiro atoms. The molecule has 4 atom stereocenters. The van der Waals surface area contributed by atoms with Crippen molar-refractivity contribution in [3.8, 4) is 10.6 Å². The van der Waals surface area contributed by atoms with Crippen molar-refractivity contribution in [3.63, 3.8) is 0 Å². The molecule has 41 heavy (non-hydrogen) atoms. The normalized spacial score (nSPS) is 22.8. The molecule has 14 heteroatoms. The van der Waals surface area contributed by atoms with Gasteiger partial charge in [-0.15, -0.1) is 11.3 Å². The van der Waals surface area contributed by atoms with Crippen molar-refractivity contribution in [2.75, 3.05) is 16.4 Å². The van der Waals surface area contributed by atoms with Crippen LogP contribution in [0.4, 0.5) is 20.5 Å². The molecule has 0 amide bonds. The van der Waals surface area contributed by atoms with Crippen molar-refractivity contribution in [3.05, 3.63) is 53.5 Å². The lowest BCUT2D eigenvalue weighted by Crippen LogP contribution is -2.36. The van der Waals surface area contributed by atoms with Crippen molar-refractivity contribution in [2.24, 2.45) is 5.92 Å². The molecule has 4 aromatic rings. The fourth-order valence-corrected chi connectivity index (χ4v) is 7.98. The number of benzene rings is 1. The summed E-state index contributed by atoms with van der Waals surface area (Å²) < 4.78 is 54.3. The van der Waals surface area contributed by atoms with Crippen LogP contribution in [0.25, 0.3) is 20.8 Å². The first-order chi connectivity index (χ1) is 19.5. The molecule has 6 rings (SSSR count). The predicted octanol–water partition coefficient (Wildman–Crippen LogP) is 3.61. The topological polar surface area (TPSA) is 150 Å². The van der Waals surface area contributed by atoms with E-state index in [0.29, 0.717) is 34.1 Å². The molecule has 0 saturated heterocycles. The standard InChI is InChI=1S/C27H28F2N6O4S2/c1-12-21(26-34-22-13(2)30-6-5-20(22)40-26)25(35-27(31-12)32-17-3-4-17)33-19-7-14(23(36)24(19)37)11-41(38,39)18-9-15(28)8-16(29)10-18/h5-6,8-10,14,17,19,23-24,36-37H,3-4,7,11H2,1-2H3,(H2,31,32,33,35)/t14-,19?,23-,24+/m1/s1. The summed E-state index contributed by atoms with van der Waals surface area (Å²) in [5.41, 5.74) is 2.81. The van der Waals surface area contributed by atoms with Gasteiger partial charge in [-0.1, -0.05) is 0 Å². The van der Waals surface area contributed by atoms with Crippen LogP contribution >= 0.6 is 11.3 Å². The third-order valence-electron chi connectivity index (χ3n) is 7.46. The number of hydrogen-bond donors (Lipinski definition) is 4. The highest BCUT2D eigenvalue weighted by molar-refractivity contribution is 7.91. The molecule has 0 bridgehead atoms. The number of rotatable bonds is 8. The van der Waals surface area contributed by atoms with E-state index >= 15 is 0 Å². The molecule has 10 nitrogen and oxygen atoms in total. The largest absolute Gasteiger partial charge is 0.390 e. The number of fused-ring (bicyclic) bond motifs is 1. The fraction of sp³-hybridized carbons (Fsp3) is 0.407. The lowest BCUT2D eigenvalue weighted by molar-refractivity contribution is 0.0216. The fourth-order valence-electron chi connectivity index (χ4n) is 5.19. The summed E-state index contributed by atoms with van der Waals surface area (Å²) >= 11 is 1.45. The van der Waals surface area contributed by atoms with Gasteiger partial charge in [0, 0.05) is 24.2 Å². The van der Waals surface area contributed by atoms with Crippen LogP contribution < -0.4 is 10.6 Å². The Bertz CT molecular complexity index is 1730. The van der Waals surface area contributed by atoms with Crippen LogP contribution in [0.3, 0.4) is 0 Å². The number of nitrogens with zero attached hydrogens (tertiary/aromatic N) is 4. The summed E-state index contributed by atoms with van der Waals surface area (Å²) in [5, 5.41) is 28.9. The van der Waals surface area contributed by atoms with Crippen molar-refractivity contribution in [2.45, 2.75) is 62.3 Å². The van der Waals surface area contributed by atoms with Gasteiger partial charge >= 0.3 is 0 Å². The summed E-state index contributed by atoms with van der Waals surface area (Å²) in [5.74, 6) is -2.73. The van der Waals surface area contributed by atoms with Gasteiger partial charge < -0.3 is 20.8 Å². The van der Waals surface area contributed by atoms with E-state index in [2.05, 4.69) is 20.6 Å². The number of aliphatic hydroxyl groups excluding tert-OH is 2. The molecular formula is C27H28F2N6O4S2. The summed E-state index contributed by atoms with van der Waals surface area (Å²) in [6.45, 7) is 3.71. The Kier molecular flexibility index (Phi) is 7.12. The highest BCUT2D eigenvalue weighted by Crippen LogP contribution is 2.39. The van der Waals surface area contributed by atoms with Crippen LogP contribution in [0.1, 0.15) is 30.7 Å². The number of aromatic nitrogens is 4. The summed E-state index contributed by atoms with van der Waals surface area (Å²) in [4.78, 5) is 17.9. The zero-order valence-electron chi connectivity index (χ0n) is 22.2. The van der Waals surface area contributed by atoms with Gasteiger partial charge in [0.25, 0.3) is 0 Å². The van der Waals surface area contributed by atoms with Crippen LogP contribution in [-0.2, 0) is 9.84 Å². The number of nitrogens with one attached hydrogen (secondary N) is 2. The number of thiazole rings is 1. The van der Waals surface area contributed by atoms with Gasteiger partial charge in [0.15, 0.2) is 9.84 Å². The van der Waals surface area contributed by atoms with Gasteiger partial charge in [0.05, 0.1) is 44.4 Å². The quantitative estimate of drug-likeness (QED) is 0.236. The minimum atomic E-state index is -4.16. The number of anilines is 2. The number of pyridine rings is 1. The van der Waals surface area contributed by atoms with Crippen molar-refractivity contribution < 1.29 is 27.4 Å². The van der Waals surface area contributed by atoms with E-state index in [9.17, 15) is 27.4 Å². The van der Waals surface area contributed by atoms with Gasteiger partial charge in [-0.2, -0.15) is 4.98 Å². The van der Waals surface area contributed by atoms with Crippen molar-refractivity contribution >= 4 is 43.2 Å². The molecule has 1 aromatic carbocycles. The number of halogens is 2. The van der Waals surface area contributed by atoms with Gasteiger partial charge in [-0.25, -0.2) is 27.2 Å². The van der Waals surface area contributed by atoms with Gasteiger partial charge in [0.1, 0.15) is 34.1 Å². The molecular weight excluding hydrogens is 574 g/mol. The Morgan fingerprint density at radius 3 is 2.41 bits per heavy atom. The zero-order valence-corrected chi connectivity index (χ0v) is 23.8. The van der Waals surface area contributed by atoms with E-state index in [0.717, 1.165) is 40.9 Å². The highest BCUT2D eigenvalue weighted by Gasteiger charge is 2.44. The maximum absolute atomic E-state index is 13.7. The van der Waals surface area contributed by atoms with Crippen LogP contribution in [0.15, 0.2) is 35.4 Å². The molecule has 1 unspecified atom stereocenters. The number of aliphatic hydroxyl groups is 2. The van der Waals surface area contributed by atoms with Crippen molar-refractivity contribution in [1.82, 2.24) is 19.9 Å². The van der Waals surface area contributed by atoms with Crippen LogP contribution in [0, 0.1) is 31.4 Å². The Labute approximate surface area is 238 Å². The minimum absolute atomic E-state index is 0.0656. The second-order valence-electron chi connectivity index (χ2n) is 10.7. The van der Waals surface area contributed by atoms with Gasteiger partial charge in [-0.05, 0) is 51.3 Å². The van der Waals surface area contributed by atoms with Gasteiger partial charge in [-0.3, -0.25) is 4.98 Å². The molecule has 2 saturated carbocycles. The smallest absolute Gasteiger partial charge is 0.225 e. The lowest BCUT2D eigenvalue weighted by atomic mass is 10.1. The van der Waals surface area contributed by atoms with Crippen molar-refractivity contribution in [1.29, 1.82) is 0 Å². The maximum Gasteiger partial charge on any atom is 0.225 e. The number of sulfone groups is 1. The van der Waals surface area contributed by atoms with Crippen LogP contribution in [-0.4, -0.2) is 68.6 Å². The lowest BCUT2D eigenvalue weighted by Gasteiger charge is -2.21. The first kappa shape index (κ1) is 27.8. The first-order valence-corrected chi connectivity index (χ1v) is 15.6. The Balaban J connectivity index is 1.31. The van der Waals surface area contributed by atoms with E-state index in [1.807, 2.05) is 19.9 Å². The molecule has 2 aliphatic carbocycles. The summed E-state index contributed by atoms with van der Waals surface area (Å²) in [6.07, 6.45) is 1.08. The highest BCUT2D eigenvalue weighted by atomic mass is 32.2.